The van der Waals surface area contributed by atoms with Gasteiger partial charge in [0.05, 0.1) is 12.0 Å². The Bertz CT molecular complexity index is 618. The summed E-state index contributed by atoms with van der Waals surface area (Å²) in [6.45, 7) is 1.62. The molecule has 0 saturated heterocycles. The maximum absolute atomic E-state index is 12.1. The van der Waals surface area contributed by atoms with Gasteiger partial charge < -0.3 is 14.4 Å². The van der Waals surface area contributed by atoms with Crippen molar-refractivity contribution in [1.29, 1.82) is 0 Å². The molecule has 0 aromatic carbocycles. The van der Waals surface area contributed by atoms with Gasteiger partial charge in [-0.2, -0.15) is 4.37 Å². The topological polar surface area (TPSA) is 83.6 Å². The summed E-state index contributed by atoms with van der Waals surface area (Å²) in [6, 6.07) is 3.56. The minimum Gasteiger partial charge on any atom is -0.478 e. The van der Waals surface area contributed by atoms with Crippen LogP contribution in [0.5, 0.6) is 0 Å². The number of hydrogen-bond acceptors (Lipinski definition) is 5. The maximum Gasteiger partial charge on any atom is 0.340 e. The predicted octanol–water partition coefficient (Wildman–Crippen LogP) is 2.34. The summed E-state index contributed by atoms with van der Waals surface area (Å²) in [4.78, 5) is 24.6. The van der Waals surface area contributed by atoms with Crippen LogP contribution in [0.3, 0.4) is 0 Å². The van der Waals surface area contributed by atoms with Crippen LogP contribution in [-0.2, 0) is 11.2 Å². The van der Waals surface area contributed by atoms with Crippen molar-refractivity contribution in [1.82, 2.24) is 4.37 Å². The number of hydrogen-bond donors (Lipinski definition) is 1. The first-order valence-corrected chi connectivity index (χ1v) is 6.76. The van der Waals surface area contributed by atoms with Crippen LogP contribution in [0.4, 0.5) is 5.00 Å². The number of carbonyl (C=O) groups is 2. The van der Waals surface area contributed by atoms with E-state index in [9.17, 15) is 9.59 Å². The van der Waals surface area contributed by atoms with Crippen molar-refractivity contribution >= 4 is 28.4 Å². The molecule has 2 rings (SSSR count). The Hall–Kier alpha value is -2.15. The molecule has 0 aliphatic heterocycles. The number of carboxylic acid groups (broad SMARTS) is 1. The quantitative estimate of drug-likeness (QED) is 0.915. The molecule has 6 nitrogen and oxygen atoms in total. The average Bonchev–Trinajstić information content (AvgIpc) is 3.03. The number of carboxylic acids is 1. The first-order chi connectivity index (χ1) is 9.50. The van der Waals surface area contributed by atoms with Crippen LogP contribution in [0.15, 0.2) is 22.8 Å². The molecule has 0 atom stereocenters. The largest absolute Gasteiger partial charge is 0.478 e. The van der Waals surface area contributed by atoms with Gasteiger partial charge >= 0.3 is 5.97 Å². The first kappa shape index (κ1) is 14.3. The molecule has 0 aliphatic carbocycles. The molecule has 7 heteroatoms. The molecule has 0 radical (unpaired) electrons. The Morgan fingerprint density at radius 1 is 1.50 bits per heavy atom. The van der Waals surface area contributed by atoms with E-state index >= 15 is 0 Å². The third kappa shape index (κ3) is 2.88. The van der Waals surface area contributed by atoms with E-state index in [4.69, 9.17) is 9.52 Å². The average molecular weight is 294 g/mol. The highest BCUT2D eigenvalue weighted by Crippen LogP contribution is 2.28. The van der Waals surface area contributed by atoms with Gasteiger partial charge in [-0.3, -0.25) is 4.79 Å². The molecule has 0 aliphatic rings. The third-order valence-electron chi connectivity index (χ3n) is 2.90. The maximum atomic E-state index is 12.1. The fraction of sp³-hybridized carbons (Fsp3) is 0.308. The minimum atomic E-state index is -1.07. The van der Waals surface area contributed by atoms with Crippen molar-refractivity contribution in [3.05, 3.63) is 35.4 Å². The zero-order valence-electron chi connectivity index (χ0n) is 11.1. The van der Waals surface area contributed by atoms with Crippen molar-refractivity contribution in [3.8, 4) is 0 Å². The Morgan fingerprint density at radius 2 is 2.25 bits per heavy atom. The second kappa shape index (κ2) is 5.87. The standard InChI is InChI=1S/C13H14N2O4S/c1-8-11(13(17)18)12(20-14-8)15(2)10(16)6-5-9-4-3-7-19-9/h3-4,7H,5-6H2,1-2H3,(H,17,18). The smallest absolute Gasteiger partial charge is 0.340 e. The van der Waals surface area contributed by atoms with E-state index < -0.39 is 5.97 Å². The lowest BCUT2D eigenvalue weighted by Gasteiger charge is -2.15. The van der Waals surface area contributed by atoms with E-state index in [0.29, 0.717) is 17.1 Å². The van der Waals surface area contributed by atoms with Gasteiger partial charge in [-0.15, -0.1) is 0 Å². The summed E-state index contributed by atoms with van der Waals surface area (Å²) in [6.07, 6.45) is 2.29. The van der Waals surface area contributed by atoms with Crippen molar-refractivity contribution in [3.63, 3.8) is 0 Å². The number of carbonyl (C=O) groups excluding carboxylic acids is 1. The first-order valence-electron chi connectivity index (χ1n) is 5.99. The van der Waals surface area contributed by atoms with E-state index in [-0.39, 0.29) is 17.9 Å². The van der Waals surface area contributed by atoms with E-state index in [2.05, 4.69) is 4.37 Å². The number of aryl methyl sites for hydroxylation is 2. The third-order valence-corrected chi connectivity index (χ3v) is 3.92. The highest BCUT2D eigenvalue weighted by atomic mass is 32.1. The number of furan rings is 1. The molecule has 0 fully saturated rings. The van der Waals surface area contributed by atoms with E-state index in [1.54, 1.807) is 32.4 Å². The number of rotatable bonds is 5. The monoisotopic (exact) mass is 294 g/mol. The number of nitrogens with zero attached hydrogens (tertiary/aromatic N) is 2. The van der Waals surface area contributed by atoms with Crippen molar-refractivity contribution in [2.45, 2.75) is 19.8 Å². The molecule has 0 spiro atoms. The van der Waals surface area contributed by atoms with Gasteiger partial charge in [0.2, 0.25) is 5.91 Å². The van der Waals surface area contributed by atoms with Crippen molar-refractivity contribution in [2.75, 3.05) is 11.9 Å². The fourth-order valence-electron chi connectivity index (χ4n) is 1.80. The molecule has 2 heterocycles. The van der Waals surface area contributed by atoms with Gasteiger partial charge in [-0.05, 0) is 30.6 Å². The second-order valence-corrected chi connectivity index (χ2v) is 5.04. The van der Waals surface area contributed by atoms with Crippen molar-refractivity contribution in [2.24, 2.45) is 0 Å². The summed E-state index contributed by atoms with van der Waals surface area (Å²) >= 11 is 1.02. The summed E-state index contributed by atoms with van der Waals surface area (Å²) in [5.41, 5.74) is 0.507. The molecule has 2 aromatic rings. The fourth-order valence-corrected chi connectivity index (χ4v) is 2.66. The Labute approximate surface area is 119 Å². The molecular weight excluding hydrogens is 280 g/mol. The molecule has 1 N–H and O–H groups in total. The summed E-state index contributed by atoms with van der Waals surface area (Å²) in [7, 11) is 1.56. The van der Waals surface area contributed by atoms with Crippen LogP contribution in [-0.4, -0.2) is 28.4 Å². The molecular formula is C13H14N2O4S. The number of aromatic nitrogens is 1. The molecule has 0 bridgehead atoms. The Kier molecular flexibility index (Phi) is 4.19. The number of aromatic carboxylic acids is 1. The summed E-state index contributed by atoms with van der Waals surface area (Å²) < 4.78 is 9.16. The zero-order valence-corrected chi connectivity index (χ0v) is 11.9. The molecule has 0 saturated carbocycles. The molecule has 1 amide bonds. The van der Waals surface area contributed by atoms with Crippen LogP contribution < -0.4 is 4.90 Å². The van der Waals surface area contributed by atoms with Gasteiger partial charge in [0.15, 0.2) is 0 Å². The van der Waals surface area contributed by atoms with Crippen molar-refractivity contribution < 1.29 is 19.1 Å². The van der Waals surface area contributed by atoms with E-state index in [1.165, 1.54) is 4.90 Å². The highest BCUT2D eigenvalue weighted by Gasteiger charge is 2.23. The van der Waals surface area contributed by atoms with Gasteiger partial charge in [0.25, 0.3) is 0 Å². The SMILES string of the molecule is Cc1nsc(N(C)C(=O)CCc2ccco2)c1C(=O)O. The normalized spacial score (nSPS) is 10.5. The Morgan fingerprint density at radius 3 is 2.85 bits per heavy atom. The lowest BCUT2D eigenvalue weighted by Crippen LogP contribution is -2.27. The minimum absolute atomic E-state index is 0.0869. The summed E-state index contributed by atoms with van der Waals surface area (Å²) in [5, 5.41) is 9.52. The number of anilines is 1. The second-order valence-electron chi connectivity index (χ2n) is 4.29. The van der Waals surface area contributed by atoms with Gasteiger partial charge in [0.1, 0.15) is 16.3 Å². The van der Waals surface area contributed by atoms with Crippen LogP contribution in [0.1, 0.15) is 28.2 Å². The lowest BCUT2D eigenvalue weighted by atomic mass is 10.2. The molecule has 20 heavy (non-hydrogen) atoms. The lowest BCUT2D eigenvalue weighted by molar-refractivity contribution is -0.118. The van der Waals surface area contributed by atoms with Gasteiger partial charge in [-0.25, -0.2) is 4.79 Å². The molecule has 2 aromatic heterocycles. The van der Waals surface area contributed by atoms with E-state index in [1.807, 2.05) is 0 Å². The summed E-state index contributed by atoms with van der Waals surface area (Å²) in [5.74, 6) is -0.518. The van der Waals surface area contributed by atoms with Crippen LogP contribution in [0, 0.1) is 6.92 Å². The van der Waals surface area contributed by atoms with Crippen LogP contribution >= 0.6 is 11.5 Å². The van der Waals surface area contributed by atoms with Gasteiger partial charge in [-0.1, -0.05) is 0 Å². The van der Waals surface area contributed by atoms with E-state index in [0.717, 1.165) is 17.3 Å². The van der Waals surface area contributed by atoms with Crippen LogP contribution in [0.25, 0.3) is 0 Å². The van der Waals surface area contributed by atoms with Crippen LogP contribution in [0.2, 0.25) is 0 Å². The number of amides is 1. The van der Waals surface area contributed by atoms with Gasteiger partial charge in [0, 0.05) is 19.9 Å². The predicted molar refractivity (Wildman–Crippen MR) is 74.2 cm³/mol. The zero-order chi connectivity index (χ0) is 14.7. The highest BCUT2D eigenvalue weighted by molar-refractivity contribution is 7.11. The molecule has 0 unspecified atom stereocenters. The molecule has 106 valence electrons. The Balaban J connectivity index is 2.09.